The monoisotopic (exact) mass is 367 g/mol. The van der Waals surface area contributed by atoms with Crippen molar-refractivity contribution in [2.45, 2.75) is 29.7 Å². The van der Waals surface area contributed by atoms with Gasteiger partial charge in [-0.25, -0.2) is 17.7 Å². The van der Waals surface area contributed by atoms with Crippen LogP contribution >= 0.6 is 11.8 Å². The van der Waals surface area contributed by atoms with Crippen molar-refractivity contribution in [3.05, 3.63) is 35.2 Å². The molecule has 0 aliphatic carbocycles. The van der Waals surface area contributed by atoms with Gasteiger partial charge in [-0.15, -0.1) is 0 Å². The number of hydrogen-bond donors (Lipinski definition) is 0. The molecule has 0 saturated heterocycles. The fourth-order valence-electron chi connectivity index (χ4n) is 2.16. The number of nitrogens with zero attached hydrogens (tertiary/aromatic N) is 3. The molecule has 2 heterocycles. The van der Waals surface area contributed by atoms with Crippen LogP contribution in [-0.4, -0.2) is 37.0 Å². The van der Waals surface area contributed by atoms with Crippen LogP contribution in [0.25, 0.3) is 11.1 Å². The Morgan fingerprint density at radius 2 is 2.00 bits per heavy atom. The molecule has 1 aromatic carbocycles. The Hall–Kier alpha value is -1.84. The van der Waals surface area contributed by atoms with E-state index in [1.165, 1.54) is 42.3 Å². The Kier molecular flexibility index (Phi) is 4.41. The summed E-state index contributed by atoms with van der Waals surface area (Å²) in [5, 5.41) is 4.39. The first-order valence-corrected chi connectivity index (χ1v) is 9.59. The number of aryl methyl sites for hydroxylation is 2. The van der Waals surface area contributed by atoms with Crippen molar-refractivity contribution in [3.8, 4) is 0 Å². The van der Waals surface area contributed by atoms with Crippen LogP contribution in [0, 0.1) is 13.8 Å². The lowest BCUT2D eigenvalue weighted by Crippen LogP contribution is -2.22. The van der Waals surface area contributed by atoms with Crippen molar-refractivity contribution < 1.29 is 17.4 Å². The van der Waals surface area contributed by atoms with Gasteiger partial charge in [-0.05, 0) is 32.0 Å². The van der Waals surface area contributed by atoms with E-state index in [1.54, 1.807) is 6.07 Å². The van der Waals surface area contributed by atoms with E-state index in [4.69, 9.17) is 8.94 Å². The van der Waals surface area contributed by atoms with Gasteiger partial charge in [0, 0.05) is 25.4 Å². The zero-order valence-electron chi connectivity index (χ0n) is 13.7. The molecule has 0 aliphatic heterocycles. The van der Waals surface area contributed by atoms with E-state index in [0.29, 0.717) is 22.1 Å². The predicted octanol–water partition coefficient (Wildman–Crippen LogP) is 2.98. The minimum Gasteiger partial charge on any atom is -0.431 e. The highest BCUT2D eigenvalue weighted by Crippen LogP contribution is 2.29. The third-order valence-electron chi connectivity index (χ3n) is 3.64. The van der Waals surface area contributed by atoms with Gasteiger partial charge in [-0.3, -0.25) is 0 Å². The van der Waals surface area contributed by atoms with E-state index >= 15 is 0 Å². The number of sulfonamides is 1. The number of aromatic nitrogens is 2. The normalized spacial score (nSPS) is 12.4. The molecule has 2 aromatic heterocycles. The smallest absolute Gasteiger partial charge is 0.257 e. The minimum absolute atomic E-state index is 0.190. The van der Waals surface area contributed by atoms with Gasteiger partial charge in [0.1, 0.15) is 11.3 Å². The molecule has 3 rings (SSSR count). The highest BCUT2D eigenvalue weighted by molar-refractivity contribution is 7.98. The van der Waals surface area contributed by atoms with Crippen molar-refractivity contribution in [1.29, 1.82) is 0 Å². The Labute approximate surface area is 144 Å². The minimum atomic E-state index is -3.49. The number of thioether (sulfide) groups is 1. The molecule has 0 radical (unpaired) electrons. The quantitative estimate of drug-likeness (QED) is 0.640. The summed E-state index contributed by atoms with van der Waals surface area (Å²) in [5.41, 5.74) is 2.92. The second kappa shape index (κ2) is 6.23. The summed E-state index contributed by atoms with van der Waals surface area (Å²) < 4.78 is 36.3. The van der Waals surface area contributed by atoms with Crippen molar-refractivity contribution in [3.63, 3.8) is 0 Å². The molecular weight excluding hydrogens is 350 g/mol. The van der Waals surface area contributed by atoms with E-state index in [9.17, 15) is 8.42 Å². The Morgan fingerprint density at radius 1 is 1.25 bits per heavy atom. The molecule has 128 valence electrons. The van der Waals surface area contributed by atoms with Gasteiger partial charge in [0.25, 0.3) is 5.22 Å². The summed E-state index contributed by atoms with van der Waals surface area (Å²) >= 11 is 1.41. The van der Waals surface area contributed by atoms with Gasteiger partial charge in [0.15, 0.2) is 5.58 Å². The molecule has 0 saturated carbocycles. The molecule has 0 N–H and O–H groups in total. The van der Waals surface area contributed by atoms with Crippen LogP contribution in [0.1, 0.15) is 17.0 Å². The topological polar surface area (TPSA) is 89.4 Å². The average Bonchev–Trinajstić information content (AvgIpc) is 3.07. The lowest BCUT2D eigenvalue weighted by atomic mass is 10.2. The zero-order chi connectivity index (χ0) is 17.5. The molecule has 0 aliphatic rings. The van der Waals surface area contributed by atoms with Gasteiger partial charge in [-0.2, -0.15) is 0 Å². The van der Waals surface area contributed by atoms with Crippen molar-refractivity contribution >= 4 is 32.9 Å². The first kappa shape index (κ1) is 17.0. The molecule has 0 unspecified atom stereocenters. The van der Waals surface area contributed by atoms with Gasteiger partial charge >= 0.3 is 0 Å². The number of benzene rings is 1. The predicted molar refractivity (Wildman–Crippen MR) is 90.4 cm³/mol. The molecule has 0 amide bonds. The lowest BCUT2D eigenvalue weighted by molar-refractivity contribution is 0.392. The highest BCUT2D eigenvalue weighted by atomic mass is 32.2. The van der Waals surface area contributed by atoms with Gasteiger partial charge < -0.3 is 8.94 Å². The molecular formula is C15H17N3O4S2. The van der Waals surface area contributed by atoms with Gasteiger partial charge in [0.05, 0.1) is 10.6 Å². The molecule has 7 nitrogen and oxygen atoms in total. The summed E-state index contributed by atoms with van der Waals surface area (Å²) in [6, 6.07) is 4.67. The first-order valence-electron chi connectivity index (χ1n) is 7.16. The third kappa shape index (κ3) is 3.06. The summed E-state index contributed by atoms with van der Waals surface area (Å²) in [5.74, 6) is 1.40. The fourth-order valence-corrected chi connectivity index (χ4v) is 4.07. The van der Waals surface area contributed by atoms with E-state index < -0.39 is 10.0 Å². The van der Waals surface area contributed by atoms with E-state index in [0.717, 1.165) is 17.0 Å². The molecule has 0 fully saturated rings. The van der Waals surface area contributed by atoms with Gasteiger partial charge in [-0.1, -0.05) is 16.9 Å². The van der Waals surface area contributed by atoms with Crippen LogP contribution < -0.4 is 0 Å². The second-order valence-electron chi connectivity index (χ2n) is 5.49. The Morgan fingerprint density at radius 3 is 2.62 bits per heavy atom. The number of oxazole rings is 1. The molecule has 9 heteroatoms. The maximum Gasteiger partial charge on any atom is 0.257 e. The number of hydrogen-bond acceptors (Lipinski definition) is 7. The molecule has 0 atom stereocenters. The van der Waals surface area contributed by atoms with E-state index in [1.807, 2.05) is 13.8 Å². The highest BCUT2D eigenvalue weighted by Gasteiger charge is 2.19. The maximum atomic E-state index is 12.2. The fraction of sp³-hybridized carbons (Fsp3) is 0.333. The molecule has 0 bridgehead atoms. The Bertz CT molecular complexity index is 970. The maximum absolute atomic E-state index is 12.2. The first-order chi connectivity index (χ1) is 11.3. The Balaban J connectivity index is 1.87. The van der Waals surface area contributed by atoms with E-state index in [2.05, 4.69) is 10.1 Å². The number of fused-ring (bicyclic) bond motifs is 1. The van der Waals surface area contributed by atoms with Crippen molar-refractivity contribution in [2.75, 3.05) is 14.1 Å². The summed E-state index contributed by atoms with van der Waals surface area (Å²) in [4.78, 5) is 4.56. The standard InChI is InChI=1S/C15H17N3O4S2/c1-9-12(10(2)22-17-9)8-23-15-16-13-7-11(5-6-14(13)21-15)24(19,20)18(3)4/h5-7H,8H2,1-4H3. The summed E-state index contributed by atoms with van der Waals surface area (Å²) in [6.07, 6.45) is 0. The second-order valence-corrected chi connectivity index (χ2v) is 8.57. The largest absolute Gasteiger partial charge is 0.431 e. The number of rotatable bonds is 5. The van der Waals surface area contributed by atoms with Crippen LogP contribution in [0.3, 0.4) is 0 Å². The molecule has 0 spiro atoms. The van der Waals surface area contributed by atoms with Gasteiger partial charge in [0.2, 0.25) is 10.0 Å². The van der Waals surface area contributed by atoms with Crippen molar-refractivity contribution in [2.24, 2.45) is 0 Å². The zero-order valence-corrected chi connectivity index (χ0v) is 15.4. The molecule has 3 aromatic rings. The average molecular weight is 367 g/mol. The SMILES string of the molecule is Cc1noc(C)c1CSc1nc2cc(S(=O)(=O)N(C)C)ccc2o1. The summed E-state index contributed by atoms with van der Waals surface area (Å²) in [6.45, 7) is 3.75. The van der Waals surface area contributed by atoms with Crippen LogP contribution in [0.4, 0.5) is 0 Å². The molecule has 24 heavy (non-hydrogen) atoms. The van der Waals surface area contributed by atoms with Crippen molar-refractivity contribution in [1.82, 2.24) is 14.4 Å². The third-order valence-corrected chi connectivity index (χ3v) is 6.30. The summed E-state index contributed by atoms with van der Waals surface area (Å²) in [7, 11) is -0.507. The van der Waals surface area contributed by atoms with Crippen LogP contribution in [0.2, 0.25) is 0 Å². The lowest BCUT2D eigenvalue weighted by Gasteiger charge is -2.10. The van der Waals surface area contributed by atoms with Crippen LogP contribution in [0.5, 0.6) is 0 Å². The van der Waals surface area contributed by atoms with Crippen LogP contribution in [0.15, 0.2) is 37.3 Å². The van der Waals surface area contributed by atoms with E-state index in [-0.39, 0.29) is 4.90 Å². The van der Waals surface area contributed by atoms with Crippen LogP contribution in [-0.2, 0) is 15.8 Å².